The van der Waals surface area contributed by atoms with E-state index >= 15 is 0 Å². The van der Waals surface area contributed by atoms with E-state index < -0.39 is 0 Å². The van der Waals surface area contributed by atoms with Crippen LogP contribution in [-0.4, -0.2) is 38.7 Å². The van der Waals surface area contributed by atoms with E-state index in [2.05, 4.69) is 10.6 Å². The number of amides is 3. The number of carbonyl (C=O) groups is 2. The summed E-state index contributed by atoms with van der Waals surface area (Å²) >= 11 is 0. The molecule has 7 nitrogen and oxygen atoms in total. The second-order valence-electron chi connectivity index (χ2n) is 5.93. The van der Waals surface area contributed by atoms with Crippen LogP contribution in [0.2, 0.25) is 0 Å². The Morgan fingerprint density at radius 2 is 1.58 bits per heavy atom. The third kappa shape index (κ3) is 4.05. The Bertz CT molecular complexity index is 774. The zero-order chi connectivity index (χ0) is 18.5. The second-order valence-corrected chi connectivity index (χ2v) is 5.93. The molecule has 1 unspecified atom stereocenters. The van der Waals surface area contributed by atoms with Crippen LogP contribution in [0.5, 0.6) is 11.5 Å². The highest BCUT2D eigenvalue weighted by Gasteiger charge is 2.31. The molecule has 2 aromatic carbocycles. The highest BCUT2D eigenvalue weighted by molar-refractivity contribution is 5.97. The molecule has 0 bridgehead atoms. The molecule has 0 aromatic heterocycles. The van der Waals surface area contributed by atoms with Crippen molar-refractivity contribution in [1.29, 1.82) is 0 Å². The number of benzene rings is 2. The Labute approximate surface area is 151 Å². The van der Waals surface area contributed by atoms with Gasteiger partial charge in [0.1, 0.15) is 11.5 Å². The molecule has 1 saturated heterocycles. The first kappa shape index (κ1) is 17.6. The minimum Gasteiger partial charge on any atom is -0.497 e. The van der Waals surface area contributed by atoms with Gasteiger partial charge in [-0.2, -0.15) is 0 Å². The van der Waals surface area contributed by atoms with E-state index in [1.807, 2.05) is 12.1 Å². The first-order chi connectivity index (χ1) is 12.6. The van der Waals surface area contributed by atoms with E-state index in [9.17, 15) is 9.59 Å². The van der Waals surface area contributed by atoms with Crippen LogP contribution in [-0.2, 0) is 4.79 Å². The van der Waals surface area contributed by atoms with Crippen LogP contribution in [0.25, 0.3) is 0 Å². The molecule has 0 radical (unpaired) electrons. The van der Waals surface area contributed by atoms with Crippen LogP contribution in [0.15, 0.2) is 48.5 Å². The van der Waals surface area contributed by atoms with Crippen LogP contribution in [0.4, 0.5) is 16.2 Å². The predicted molar refractivity (Wildman–Crippen MR) is 98.9 cm³/mol. The molecule has 1 aliphatic heterocycles. The Kier molecular flexibility index (Phi) is 5.26. The molecule has 1 atom stereocenters. The molecule has 0 aliphatic carbocycles. The molecule has 2 aromatic rings. The molecular formula is C19H21N3O4. The maximum atomic E-state index is 12.3. The van der Waals surface area contributed by atoms with Crippen molar-refractivity contribution in [3.8, 4) is 11.5 Å². The fourth-order valence-corrected chi connectivity index (χ4v) is 2.84. The van der Waals surface area contributed by atoms with Crippen molar-refractivity contribution >= 4 is 23.3 Å². The summed E-state index contributed by atoms with van der Waals surface area (Å²) in [5.74, 6) is 1.42. The number of carbonyl (C=O) groups excluding carboxylic acids is 2. The van der Waals surface area contributed by atoms with Crippen molar-refractivity contribution in [2.75, 3.05) is 31.0 Å². The van der Waals surface area contributed by atoms with E-state index in [1.165, 1.54) is 0 Å². The standard InChI is InChI=1S/C19H21N3O4/c1-25-16-7-3-13(4-8-16)20-19(24)21-14-11-18(23)22(12-14)15-5-9-17(26-2)10-6-15/h3-10,14H,11-12H2,1-2H3,(H2,20,21,24). The molecule has 26 heavy (non-hydrogen) atoms. The summed E-state index contributed by atoms with van der Waals surface area (Å²) in [5, 5.41) is 5.59. The van der Waals surface area contributed by atoms with Gasteiger partial charge < -0.3 is 25.0 Å². The Hall–Kier alpha value is -3.22. The van der Waals surface area contributed by atoms with Crippen LogP contribution in [0, 0.1) is 0 Å². The van der Waals surface area contributed by atoms with Crippen molar-refractivity contribution in [1.82, 2.24) is 5.32 Å². The molecule has 3 rings (SSSR count). The minimum atomic E-state index is -0.343. The summed E-state index contributed by atoms with van der Waals surface area (Å²) in [6.07, 6.45) is 0.266. The molecule has 2 N–H and O–H groups in total. The van der Waals surface area contributed by atoms with Gasteiger partial charge in [0.2, 0.25) is 5.91 Å². The molecule has 1 heterocycles. The van der Waals surface area contributed by atoms with E-state index in [-0.39, 0.29) is 24.4 Å². The third-order valence-electron chi connectivity index (χ3n) is 4.19. The number of methoxy groups -OCH3 is 2. The molecular weight excluding hydrogens is 334 g/mol. The third-order valence-corrected chi connectivity index (χ3v) is 4.19. The van der Waals surface area contributed by atoms with Gasteiger partial charge in [-0.15, -0.1) is 0 Å². The number of ether oxygens (including phenoxy) is 2. The maximum Gasteiger partial charge on any atom is 0.319 e. The number of anilines is 2. The van der Waals surface area contributed by atoms with Crippen molar-refractivity contribution in [2.24, 2.45) is 0 Å². The number of rotatable bonds is 5. The number of urea groups is 1. The fourth-order valence-electron chi connectivity index (χ4n) is 2.84. The van der Waals surface area contributed by atoms with Crippen LogP contribution in [0.3, 0.4) is 0 Å². The zero-order valence-corrected chi connectivity index (χ0v) is 14.7. The fraction of sp³-hybridized carbons (Fsp3) is 0.263. The first-order valence-electron chi connectivity index (χ1n) is 8.25. The summed E-state index contributed by atoms with van der Waals surface area (Å²) in [4.78, 5) is 26.1. The summed E-state index contributed by atoms with van der Waals surface area (Å²) in [5.41, 5.74) is 1.44. The monoisotopic (exact) mass is 355 g/mol. The predicted octanol–water partition coefficient (Wildman–Crippen LogP) is 2.63. The molecule has 136 valence electrons. The van der Waals surface area contributed by atoms with Crippen LogP contribution < -0.4 is 25.0 Å². The van der Waals surface area contributed by atoms with E-state index in [4.69, 9.17) is 9.47 Å². The van der Waals surface area contributed by atoms with Gasteiger partial charge in [0.25, 0.3) is 0 Å². The lowest BCUT2D eigenvalue weighted by molar-refractivity contribution is -0.117. The molecule has 0 spiro atoms. The van der Waals surface area contributed by atoms with Gasteiger partial charge in [0.05, 0.1) is 20.3 Å². The van der Waals surface area contributed by atoms with Gasteiger partial charge in [-0.25, -0.2) is 4.79 Å². The number of nitrogens with zero attached hydrogens (tertiary/aromatic N) is 1. The maximum absolute atomic E-state index is 12.3. The number of hydrogen-bond donors (Lipinski definition) is 2. The Balaban J connectivity index is 1.56. The van der Waals surface area contributed by atoms with Crippen LogP contribution in [0.1, 0.15) is 6.42 Å². The average molecular weight is 355 g/mol. The van der Waals surface area contributed by atoms with Crippen molar-refractivity contribution < 1.29 is 19.1 Å². The number of hydrogen-bond acceptors (Lipinski definition) is 4. The van der Waals surface area contributed by atoms with Crippen LogP contribution >= 0.6 is 0 Å². The lowest BCUT2D eigenvalue weighted by Crippen LogP contribution is -2.39. The lowest BCUT2D eigenvalue weighted by Gasteiger charge is -2.18. The smallest absolute Gasteiger partial charge is 0.319 e. The van der Waals surface area contributed by atoms with Gasteiger partial charge in [0, 0.05) is 24.3 Å². The lowest BCUT2D eigenvalue weighted by atomic mass is 10.2. The molecule has 3 amide bonds. The summed E-state index contributed by atoms with van der Waals surface area (Å²) in [6, 6.07) is 13.7. The van der Waals surface area contributed by atoms with Gasteiger partial charge in [0.15, 0.2) is 0 Å². The summed E-state index contributed by atoms with van der Waals surface area (Å²) < 4.78 is 10.2. The largest absolute Gasteiger partial charge is 0.497 e. The van der Waals surface area contributed by atoms with E-state index in [0.717, 1.165) is 11.4 Å². The molecule has 1 fully saturated rings. The summed E-state index contributed by atoms with van der Waals surface area (Å²) in [7, 11) is 3.18. The molecule has 1 aliphatic rings. The number of nitrogens with one attached hydrogen (secondary N) is 2. The summed E-state index contributed by atoms with van der Waals surface area (Å²) in [6.45, 7) is 0.432. The highest BCUT2D eigenvalue weighted by atomic mass is 16.5. The van der Waals surface area contributed by atoms with Gasteiger partial charge in [-0.3, -0.25) is 4.79 Å². The minimum absolute atomic E-state index is 0.0232. The van der Waals surface area contributed by atoms with E-state index in [1.54, 1.807) is 55.5 Å². The average Bonchev–Trinajstić information content (AvgIpc) is 3.02. The highest BCUT2D eigenvalue weighted by Crippen LogP contribution is 2.24. The Morgan fingerprint density at radius 1 is 1.00 bits per heavy atom. The van der Waals surface area contributed by atoms with E-state index in [0.29, 0.717) is 18.0 Å². The molecule has 7 heteroatoms. The first-order valence-corrected chi connectivity index (χ1v) is 8.25. The SMILES string of the molecule is COc1ccc(NC(=O)NC2CC(=O)N(c3ccc(OC)cc3)C2)cc1. The quantitative estimate of drug-likeness (QED) is 0.864. The van der Waals surface area contributed by atoms with Gasteiger partial charge >= 0.3 is 6.03 Å². The van der Waals surface area contributed by atoms with Gasteiger partial charge in [-0.05, 0) is 48.5 Å². The van der Waals surface area contributed by atoms with Gasteiger partial charge in [-0.1, -0.05) is 0 Å². The Morgan fingerprint density at radius 3 is 2.15 bits per heavy atom. The topological polar surface area (TPSA) is 79.9 Å². The second kappa shape index (κ2) is 7.77. The molecule has 0 saturated carbocycles. The van der Waals surface area contributed by atoms with Crippen molar-refractivity contribution in [2.45, 2.75) is 12.5 Å². The van der Waals surface area contributed by atoms with Crippen molar-refractivity contribution in [3.63, 3.8) is 0 Å². The zero-order valence-electron chi connectivity index (χ0n) is 14.7. The van der Waals surface area contributed by atoms with Crippen molar-refractivity contribution in [3.05, 3.63) is 48.5 Å². The normalized spacial score (nSPS) is 16.3.